The third-order valence-corrected chi connectivity index (χ3v) is 4.45. The van der Waals surface area contributed by atoms with E-state index < -0.39 is 0 Å². The van der Waals surface area contributed by atoms with Crippen LogP contribution in [0.25, 0.3) is 0 Å². The lowest BCUT2D eigenvalue weighted by Gasteiger charge is -2.30. The highest BCUT2D eigenvalue weighted by atomic mass is 32.1. The SMILES string of the molecule is CCNC(CC1CCC1)c1sccc1OC. The average Bonchev–Trinajstić information content (AvgIpc) is 2.69. The summed E-state index contributed by atoms with van der Waals surface area (Å²) < 4.78 is 5.42. The van der Waals surface area contributed by atoms with Crippen molar-refractivity contribution in [2.75, 3.05) is 13.7 Å². The second kappa shape index (κ2) is 5.69. The third kappa shape index (κ3) is 2.58. The topological polar surface area (TPSA) is 21.3 Å². The summed E-state index contributed by atoms with van der Waals surface area (Å²) in [4.78, 5) is 1.37. The fourth-order valence-electron chi connectivity index (χ4n) is 2.32. The zero-order valence-electron chi connectivity index (χ0n) is 10.2. The quantitative estimate of drug-likeness (QED) is 0.819. The van der Waals surface area contributed by atoms with Gasteiger partial charge in [-0.25, -0.2) is 0 Å². The Morgan fingerprint density at radius 1 is 1.56 bits per heavy atom. The van der Waals surface area contributed by atoms with E-state index >= 15 is 0 Å². The molecule has 1 atom stereocenters. The summed E-state index contributed by atoms with van der Waals surface area (Å²) >= 11 is 1.81. The van der Waals surface area contributed by atoms with Gasteiger partial charge < -0.3 is 10.1 Å². The first-order valence-corrected chi connectivity index (χ1v) is 7.07. The molecule has 0 aliphatic heterocycles. The van der Waals surface area contributed by atoms with Gasteiger partial charge in [-0.3, -0.25) is 0 Å². The Kier molecular flexibility index (Phi) is 4.24. The Labute approximate surface area is 102 Å². The molecule has 0 radical (unpaired) electrons. The van der Waals surface area contributed by atoms with Gasteiger partial charge in [0.1, 0.15) is 5.75 Å². The molecule has 2 rings (SSSR count). The van der Waals surface area contributed by atoms with Crippen LogP contribution in [0.5, 0.6) is 5.75 Å². The largest absolute Gasteiger partial charge is 0.496 e. The average molecular weight is 239 g/mol. The lowest BCUT2D eigenvalue weighted by molar-refractivity contribution is 0.261. The highest BCUT2D eigenvalue weighted by Gasteiger charge is 2.25. The highest BCUT2D eigenvalue weighted by Crippen LogP contribution is 2.39. The van der Waals surface area contributed by atoms with Crippen molar-refractivity contribution < 1.29 is 4.74 Å². The zero-order chi connectivity index (χ0) is 11.4. The molecule has 3 heteroatoms. The smallest absolute Gasteiger partial charge is 0.134 e. The Hall–Kier alpha value is -0.540. The van der Waals surface area contributed by atoms with Gasteiger partial charge >= 0.3 is 0 Å². The summed E-state index contributed by atoms with van der Waals surface area (Å²) in [5.41, 5.74) is 0. The fourth-order valence-corrected chi connectivity index (χ4v) is 3.27. The summed E-state index contributed by atoms with van der Waals surface area (Å²) in [6, 6.07) is 2.57. The van der Waals surface area contributed by atoms with Crippen molar-refractivity contribution in [1.29, 1.82) is 0 Å². The lowest BCUT2D eigenvalue weighted by Crippen LogP contribution is -2.25. The molecule has 1 aliphatic rings. The lowest BCUT2D eigenvalue weighted by atomic mass is 9.80. The Bertz CT molecular complexity index is 319. The van der Waals surface area contributed by atoms with Crippen LogP contribution in [-0.2, 0) is 0 Å². The van der Waals surface area contributed by atoms with Crippen LogP contribution in [-0.4, -0.2) is 13.7 Å². The van der Waals surface area contributed by atoms with E-state index in [9.17, 15) is 0 Å². The summed E-state index contributed by atoms with van der Waals surface area (Å²) in [6.07, 6.45) is 5.51. The van der Waals surface area contributed by atoms with Gasteiger partial charge in [-0.1, -0.05) is 26.2 Å². The molecule has 1 unspecified atom stereocenters. The van der Waals surface area contributed by atoms with Gasteiger partial charge in [-0.05, 0) is 30.3 Å². The maximum absolute atomic E-state index is 5.42. The number of hydrogen-bond acceptors (Lipinski definition) is 3. The van der Waals surface area contributed by atoms with E-state index in [1.165, 1.54) is 30.6 Å². The van der Waals surface area contributed by atoms with Crippen molar-refractivity contribution >= 4 is 11.3 Å². The zero-order valence-corrected chi connectivity index (χ0v) is 11.0. The monoisotopic (exact) mass is 239 g/mol. The molecule has 90 valence electrons. The van der Waals surface area contributed by atoms with Gasteiger partial charge in [0, 0.05) is 6.04 Å². The van der Waals surface area contributed by atoms with Crippen molar-refractivity contribution in [3.8, 4) is 5.75 Å². The third-order valence-electron chi connectivity index (χ3n) is 3.44. The molecule has 2 nitrogen and oxygen atoms in total. The van der Waals surface area contributed by atoms with Gasteiger partial charge in [-0.15, -0.1) is 11.3 Å². The summed E-state index contributed by atoms with van der Waals surface area (Å²) in [5.74, 6) is 1.98. The Balaban J connectivity index is 2.04. The molecule has 1 saturated carbocycles. The molecule has 1 heterocycles. The first-order chi connectivity index (χ1) is 7.85. The second-order valence-corrected chi connectivity index (χ2v) is 5.44. The highest BCUT2D eigenvalue weighted by molar-refractivity contribution is 7.10. The van der Waals surface area contributed by atoms with E-state index in [1.54, 1.807) is 7.11 Å². The van der Waals surface area contributed by atoms with Crippen LogP contribution in [0.1, 0.15) is 43.5 Å². The molecule has 1 fully saturated rings. The molecule has 1 aromatic rings. The fraction of sp³-hybridized carbons (Fsp3) is 0.692. The maximum Gasteiger partial charge on any atom is 0.134 e. The Morgan fingerprint density at radius 2 is 2.38 bits per heavy atom. The van der Waals surface area contributed by atoms with Crippen LogP contribution < -0.4 is 10.1 Å². The predicted molar refractivity (Wildman–Crippen MR) is 69.2 cm³/mol. The molecule has 0 saturated heterocycles. The van der Waals surface area contributed by atoms with Crippen LogP contribution in [0.15, 0.2) is 11.4 Å². The van der Waals surface area contributed by atoms with Crippen LogP contribution in [0.4, 0.5) is 0 Å². The first-order valence-electron chi connectivity index (χ1n) is 6.20. The van der Waals surface area contributed by atoms with E-state index in [1.807, 2.05) is 11.3 Å². The predicted octanol–water partition coefficient (Wildman–Crippen LogP) is 3.60. The van der Waals surface area contributed by atoms with E-state index in [4.69, 9.17) is 4.74 Å². The van der Waals surface area contributed by atoms with Gasteiger partial charge in [0.2, 0.25) is 0 Å². The molecular formula is C13H21NOS. The number of nitrogens with one attached hydrogen (secondary N) is 1. The summed E-state index contributed by atoms with van der Waals surface area (Å²) in [6.45, 7) is 3.20. The van der Waals surface area contributed by atoms with Crippen molar-refractivity contribution in [1.82, 2.24) is 5.32 Å². The number of rotatable bonds is 6. The second-order valence-electron chi connectivity index (χ2n) is 4.50. The van der Waals surface area contributed by atoms with Crippen molar-refractivity contribution in [3.63, 3.8) is 0 Å². The van der Waals surface area contributed by atoms with Crippen LogP contribution >= 0.6 is 11.3 Å². The van der Waals surface area contributed by atoms with Crippen LogP contribution in [0.3, 0.4) is 0 Å². The minimum absolute atomic E-state index is 0.491. The maximum atomic E-state index is 5.42. The summed E-state index contributed by atoms with van der Waals surface area (Å²) in [7, 11) is 1.76. The van der Waals surface area contributed by atoms with Gasteiger partial charge in [-0.2, -0.15) is 0 Å². The van der Waals surface area contributed by atoms with E-state index in [0.717, 1.165) is 18.2 Å². The van der Waals surface area contributed by atoms with Crippen LogP contribution in [0, 0.1) is 5.92 Å². The minimum atomic E-state index is 0.491. The molecule has 16 heavy (non-hydrogen) atoms. The number of thiophene rings is 1. The van der Waals surface area contributed by atoms with E-state index in [2.05, 4.69) is 23.7 Å². The van der Waals surface area contributed by atoms with E-state index in [-0.39, 0.29) is 0 Å². The van der Waals surface area contributed by atoms with Crippen LogP contribution in [0.2, 0.25) is 0 Å². The molecule has 1 aromatic heterocycles. The molecule has 1 aliphatic carbocycles. The molecular weight excluding hydrogens is 218 g/mol. The Morgan fingerprint density at radius 3 is 2.94 bits per heavy atom. The van der Waals surface area contributed by atoms with Crippen molar-refractivity contribution in [3.05, 3.63) is 16.3 Å². The van der Waals surface area contributed by atoms with Crippen molar-refractivity contribution in [2.24, 2.45) is 5.92 Å². The molecule has 0 aromatic carbocycles. The van der Waals surface area contributed by atoms with Gasteiger partial charge in [0.25, 0.3) is 0 Å². The van der Waals surface area contributed by atoms with Gasteiger partial charge in [0.05, 0.1) is 12.0 Å². The standard InChI is InChI=1S/C13H21NOS/c1-3-14-11(9-10-5-4-6-10)13-12(15-2)7-8-16-13/h7-8,10-11,14H,3-6,9H2,1-2H3. The van der Waals surface area contributed by atoms with E-state index in [0.29, 0.717) is 6.04 Å². The molecule has 0 bridgehead atoms. The molecule has 1 N–H and O–H groups in total. The van der Waals surface area contributed by atoms with Gasteiger partial charge in [0.15, 0.2) is 0 Å². The molecule has 0 spiro atoms. The number of ether oxygens (including phenoxy) is 1. The number of hydrogen-bond donors (Lipinski definition) is 1. The number of methoxy groups -OCH3 is 1. The normalized spacial score (nSPS) is 18.1. The summed E-state index contributed by atoms with van der Waals surface area (Å²) in [5, 5.41) is 5.71. The van der Waals surface area contributed by atoms with Crippen molar-refractivity contribution in [2.45, 2.75) is 38.6 Å². The first kappa shape index (κ1) is 11.9. The molecule has 0 amide bonds. The minimum Gasteiger partial charge on any atom is -0.496 e.